The summed E-state index contributed by atoms with van der Waals surface area (Å²) in [5, 5.41) is 10.3. The number of hydrogen-bond acceptors (Lipinski definition) is 2. The average Bonchev–Trinajstić information content (AvgIpc) is 2.15. The maximum Gasteiger partial charge on any atom is 0.0834 e. The lowest BCUT2D eigenvalue weighted by Gasteiger charge is -2.38. The molecular formula is C11H23ClO2. The van der Waals surface area contributed by atoms with E-state index in [4.69, 9.17) is 16.3 Å². The summed E-state index contributed by atoms with van der Waals surface area (Å²) in [6.45, 7) is 8.01. The van der Waals surface area contributed by atoms with E-state index < -0.39 is 5.60 Å². The van der Waals surface area contributed by atoms with Crippen LogP contribution >= 0.6 is 11.6 Å². The topological polar surface area (TPSA) is 29.5 Å². The minimum atomic E-state index is -0.824. The van der Waals surface area contributed by atoms with Gasteiger partial charge in [0.1, 0.15) is 0 Å². The highest BCUT2D eigenvalue weighted by atomic mass is 35.5. The largest absolute Gasteiger partial charge is 0.388 e. The molecule has 2 nitrogen and oxygen atoms in total. The highest BCUT2D eigenvalue weighted by Crippen LogP contribution is 2.32. The van der Waals surface area contributed by atoms with Gasteiger partial charge in [0.2, 0.25) is 0 Å². The minimum absolute atomic E-state index is 0.189. The van der Waals surface area contributed by atoms with Crippen LogP contribution in [-0.4, -0.2) is 29.3 Å². The Morgan fingerprint density at radius 2 is 1.93 bits per heavy atom. The van der Waals surface area contributed by atoms with Crippen molar-refractivity contribution in [2.45, 2.75) is 51.7 Å². The highest BCUT2D eigenvalue weighted by Gasteiger charge is 2.37. The Labute approximate surface area is 92.6 Å². The molecule has 0 bridgehead atoms. The molecule has 0 spiro atoms. The lowest BCUT2D eigenvalue weighted by Crippen LogP contribution is -2.45. The van der Waals surface area contributed by atoms with E-state index in [1.165, 1.54) is 0 Å². The number of rotatable bonds is 6. The molecule has 0 aromatic heterocycles. The van der Waals surface area contributed by atoms with Crippen LogP contribution in [0.1, 0.15) is 40.5 Å². The highest BCUT2D eigenvalue weighted by molar-refractivity contribution is 6.18. The first-order chi connectivity index (χ1) is 6.31. The Morgan fingerprint density at radius 3 is 2.21 bits per heavy atom. The van der Waals surface area contributed by atoms with E-state index in [1.807, 2.05) is 20.8 Å². The summed E-state index contributed by atoms with van der Waals surface area (Å²) in [7, 11) is 1.66. The molecule has 14 heavy (non-hydrogen) atoms. The first kappa shape index (κ1) is 14.2. The van der Waals surface area contributed by atoms with Crippen molar-refractivity contribution in [1.82, 2.24) is 0 Å². The molecule has 0 aliphatic heterocycles. The monoisotopic (exact) mass is 222 g/mol. The summed E-state index contributed by atoms with van der Waals surface area (Å²) in [6, 6.07) is 0. The fourth-order valence-electron chi connectivity index (χ4n) is 1.54. The maximum atomic E-state index is 10.3. The molecule has 0 radical (unpaired) electrons. The van der Waals surface area contributed by atoms with E-state index in [2.05, 4.69) is 6.92 Å². The summed E-state index contributed by atoms with van der Waals surface area (Å²) in [4.78, 5) is 0. The molecule has 0 rings (SSSR count). The molecule has 2 unspecified atom stereocenters. The fraction of sp³-hybridized carbons (Fsp3) is 1.00. The number of ether oxygens (including phenoxy) is 1. The van der Waals surface area contributed by atoms with Crippen LogP contribution in [0.3, 0.4) is 0 Å². The van der Waals surface area contributed by atoms with E-state index in [0.717, 1.165) is 6.42 Å². The van der Waals surface area contributed by atoms with Crippen LogP contribution in [0, 0.1) is 5.92 Å². The minimum Gasteiger partial charge on any atom is -0.388 e. The molecule has 2 atom stereocenters. The van der Waals surface area contributed by atoms with Gasteiger partial charge in [-0.15, -0.1) is 11.6 Å². The third-order valence-corrected chi connectivity index (χ3v) is 3.51. The molecule has 0 aromatic carbocycles. The molecule has 0 aliphatic rings. The lowest BCUT2D eigenvalue weighted by atomic mass is 9.80. The van der Waals surface area contributed by atoms with Gasteiger partial charge in [-0.3, -0.25) is 0 Å². The third kappa shape index (κ3) is 3.76. The van der Waals surface area contributed by atoms with Gasteiger partial charge in [0.05, 0.1) is 17.1 Å². The van der Waals surface area contributed by atoms with Crippen molar-refractivity contribution in [3.63, 3.8) is 0 Å². The molecule has 0 saturated heterocycles. The molecule has 1 N–H and O–H groups in total. The van der Waals surface area contributed by atoms with Crippen molar-refractivity contribution < 1.29 is 9.84 Å². The number of halogens is 1. The van der Waals surface area contributed by atoms with Gasteiger partial charge in [0.15, 0.2) is 0 Å². The van der Waals surface area contributed by atoms with E-state index in [1.54, 1.807) is 7.11 Å². The Balaban J connectivity index is 4.54. The lowest BCUT2D eigenvalue weighted by molar-refractivity contribution is -0.0809. The quantitative estimate of drug-likeness (QED) is 0.701. The Kier molecular flexibility index (Phi) is 5.42. The van der Waals surface area contributed by atoms with Crippen molar-refractivity contribution in [2.24, 2.45) is 5.92 Å². The molecule has 0 fully saturated rings. The normalized spacial score (nSPS) is 19.1. The molecule has 0 amide bonds. The summed E-state index contributed by atoms with van der Waals surface area (Å²) >= 11 is 5.84. The summed E-state index contributed by atoms with van der Waals surface area (Å²) < 4.78 is 5.31. The van der Waals surface area contributed by atoms with E-state index in [0.29, 0.717) is 6.42 Å². The number of alkyl halides is 1. The van der Waals surface area contributed by atoms with E-state index in [9.17, 15) is 5.11 Å². The zero-order valence-corrected chi connectivity index (χ0v) is 10.7. The first-order valence-electron chi connectivity index (χ1n) is 5.15. The van der Waals surface area contributed by atoms with Gasteiger partial charge < -0.3 is 9.84 Å². The van der Waals surface area contributed by atoms with Crippen molar-refractivity contribution in [3.8, 4) is 0 Å². The van der Waals surface area contributed by atoms with Crippen molar-refractivity contribution >= 4 is 11.6 Å². The number of aliphatic hydroxyl groups is 1. The van der Waals surface area contributed by atoms with Crippen molar-refractivity contribution in [3.05, 3.63) is 0 Å². The standard InChI is InChI=1S/C11H23ClO2/c1-6-9(2)11(13,8-12)7-10(3,4)14-5/h9,13H,6-8H2,1-5H3. The predicted octanol–water partition coefficient (Wildman–Crippen LogP) is 2.82. The predicted molar refractivity (Wildman–Crippen MR) is 60.8 cm³/mol. The zero-order valence-electron chi connectivity index (χ0n) is 9.93. The average molecular weight is 223 g/mol. The Bertz CT molecular complexity index is 171. The van der Waals surface area contributed by atoms with Crippen molar-refractivity contribution in [2.75, 3.05) is 13.0 Å². The molecule has 0 aromatic rings. The van der Waals surface area contributed by atoms with Gasteiger partial charge in [0, 0.05) is 13.5 Å². The van der Waals surface area contributed by atoms with Gasteiger partial charge in [-0.25, -0.2) is 0 Å². The summed E-state index contributed by atoms with van der Waals surface area (Å²) in [5.74, 6) is 0.448. The summed E-state index contributed by atoms with van der Waals surface area (Å²) in [6.07, 6.45) is 1.48. The van der Waals surface area contributed by atoms with Crippen LogP contribution in [0.25, 0.3) is 0 Å². The van der Waals surface area contributed by atoms with Crippen LogP contribution in [0.4, 0.5) is 0 Å². The van der Waals surface area contributed by atoms with Gasteiger partial charge in [-0.05, 0) is 19.8 Å². The van der Waals surface area contributed by atoms with Crippen LogP contribution in [0.5, 0.6) is 0 Å². The smallest absolute Gasteiger partial charge is 0.0834 e. The number of hydrogen-bond donors (Lipinski definition) is 1. The first-order valence-corrected chi connectivity index (χ1v) is 5.68. The molecule has 0 saturated carbocycles. The Morgan fingerprint density at radius 1 is 1.43 bits per heavy atom. The van der Waals surface area contributed by atoms with Gasteiger partial charge in [0.25, 0.3) is 0 Å². The third-order valence-electron chi connectivity index (χ3n) is 3.05. The van der Waals surface area contributed by atoms with Gasteiger partial charge in [-0.2, -0.15) is 0 Å². The SMILES string of the molecule is CCC(C)C(O)(CCl)CC(C)(C)OC. The fourth-order valence-corrected chi connectivity index (χ4v) is 1.90. The van der Waals surface area contributed by atoms with Crippen molar-refractivity contribution in [1.29, 1.82) is 0 Å². The zero-order chi connectivity index (χ0) is 11.4. The van der Waals surface area contributed by atoms with E-state index in [-0.39, 0.29) is 17.4 Å². The van der Waals surface area contributed by atoms with Crippen LogP contribution in [-0.2, 0) is 4.74 Å². The van der Waals surface area contributed by atoms with Gasteiger partial charge in [-0.1, -0.05) is 20.3 Å². The maximum absolute atomic E-state index is 10.3. The molecule has 86 valence electrons. The second-order valence-corrected chi connectivity index (χ2v) is 4.95. The van der Waals surface area contributed by atoms with Crippen LogP contribution in [0.15, 0.2) is 0 Å². The second-order valence-electron chi connectivity index (χ2n) is 4.69. The molecule has 0 aliphatic carbocycles. The molecule has 0 heterocycles. The van der Waals surface area contributed by atoms with Crippen LogP contribution in [0.2, 0.25) is 0 Å². The molecular weight excluding hydrogens is 200 g/mol. The van der Waals surface area contributed by atoms with E-state index >= 15 is 0 Å². The second kappa shape index (κ2) is 5.34. The van der Waals surface area contributed by atoms with Gasteiger partial charge >= 0.3 is 0 Å². The molecule has 3 heteroatoms. The number of methoxy groups -OCH3 is 1. The summed E-state index contributed by atoms with van der Waals surface area (Å²) in [5.41, 5.74) is -1.15. The Hall–Kier alpha value is 0.210. The van der Waals surface area contributed by atoms with Crippen LogP contribution < -0.4 is 0 Å².